The molecule has 29 heavy (non-hydrogen) atoms. The molecular weight excluding hydrogens is 411 g/mol. The molecule has 2 aromatic rings. The number of anilines is 1. The molecule has 156 valence electrons. The molecule has 7 nitrogen and oxygen atoms in total. The van der Waals surface area contributed by atoms with Crippen molar-refractivity contribution in [1.29, 1.82) is 0 Å². The van der Waals surface area contributed by atoms with Gasteiger partial charge in [0, 0.05) is 25.0 Å². The molecule has 1 aliphatic rings. The van der Waals surface area contributed by atoms with Crippen molar-refractivity contribution in [3.63, 3.8) is 0 Å². The molecular formula is C18H18F3N3O4S. The van der Waals surface area contributed by atoms with Crippen molar-refractivity contribution in [2.45, 2.75) is 25.7 Å². The summed E-state index contributed by atoms with van der Waals surface area (Å²) < 4.78 is 64.1. The van der Waals surface area contributed by atoms with E-state index in [4.69, 9.17) is 0 Å². The topological polar surface area (TPSA) is 88.5 Å². The summed E-state index contributed by atoms with van der Waals surface area (Å²) in [4.78, 5) is 24.3. The second-order valence-electron chi connectivity index (χ2n) is 6.69. The summed E-state index contributed by atoms with van der Waals surface area (Å²) in [6.07, 6.45) is -2.19. The van der Waals surface area contributed by atoms with Gasteiger partial charge in [0.25, 0.3) is 5.56 Å². The number of sulfonamides is 1. The zero-order valence-electron chi connectivity index (χ0n) is 15.4. The lowest BCUT2D eigenvalue weighted by atomic mass is 9.99. The fourth-order valence-corrected chi connectivity index (χ4v) is 4.00. The third kappa shape index (κ3) is 4.67. The molecule has 0 aliphatic carbocycles. The normalized spacial score (nSPS) is 15.0. The highest BCUT2D eigenvalue weighted by Crippen LogP contribution is 2.28. The summed E-state index contributed by atoms with van der Waals surface area (Å²) >= 11 is 0. The molecule has 1 aliphatic heterocycles. The van der Waals surface area contributed by atoms with Crippen molar-refractivity contribution < 1.29 is 26.4 Å². The predicted molar refractivity (Wildman–Crippen MR) is 99.7 cm³/mol. The lowest BCUT2D eigenvalue weighted by Crippen LogP contribution is -2.36. The van der Waals surface area contributed by atoms with Crippen LogP contribution in [0.5, 0.6) is 0 Å². The first-order valence-electron chi connectivity index (χ1n) is 8.59. The number of hydrogen-bond donors (Lipinski definition) is 1. The quantitative estimate of drug-likeness (QED) is 0.803. The molecule has 0 saturated carbocycles. The standard InChI is InChI=1S/C18H18F3N3O4S/c1-29(27,28)24-9-7-13-12(10-24)4-2-6-15(13)22-16(25)11-23-8-3-5-14(17(23)26)18(19,20)21/h2-6,8H,7,9-11H2,1H3,(H,22,25). The summed E-state index contributed by atoms with van der Waals surface area (Å²) in [5, 5.41) is 2.61. The van der Waals surface area contributed by atoms with Crippen LogP contribution in [0.25, 0.3) is 0 Å². The number of hydrogen-bond acceptors (Lipinski definition) is 4. The van der Waals surface area contributed by atoms with E-state index in [1.165, 1.54) is 4.31 Å². The first-order valence-corrected chi connectivity index (χ1v) is 10.4. The first kappa shape index (κ1) is 21.1. The Bertz CT molecular complexity index is 1110. The number of nitrogens with zero attached hydrogens (tertiary/aromatic N) is 2. The van der Waals surface area contributed by atoms with Crippen LogP contribution >= 0.6 is 0 Å². The molecule has 1 aromatic carbocycles. The van der Waals surface area contributed by atoms with E-state index in [1.54, 1.807) is 18.2 Å². The number of amides is 1. The molecule has 0 unspecified atom stereocenters. The van der Waals surface area contributed by atoms with Gasteiger partial charge in [-0.1, -0.05) is 12.1 Å². The number of fused-ring (bicyclic) bond motifs is 1. The Labute approximate surface area is 164 Å². The molecule has 0 radical (unpaired) electrons. The SMILES string of the molecule is CS(=O)(=O)N1CCc2c(cccc2NC(=O)Cn2cccc(C(F)(F)F)c2=O)C1. The lowest BCUT2D eigenvalue weighted by molar-refractivity contribution is -0.139. The summed E-state index contributed by atoms with van der Waals surface area (Å²) in [7, 11) is -3.35. The van der Waals surface area contributed by atoms with Gasteiger partial charge in [0.15, 0.2) is 0 Å². The molecule has 0 spiro atoms. The monoisotopic (exact) mass is 429 g/mol. The summed E-state index contributed by atoms with van der Waals surface area (Å²) in [5.41, 5.74) is -0.701. The van der Waals surface area contributed by atoms with E-state index in [0.717, 1.165) is 29.6 Å². The van der Waals surface area contributed by atoms with E-state index in [-0.39, 0.29) is 13.1 Å². The van der Waals surface area contributed by atoms with Crippen LogP contribution in [0, 0.1) is 0 Å². The molecule has 1 amide bonds. The largest absolute Gasteiger partial charge is 0.421 e. The summed E-state index contributed by atoms with van der Waals surface area (Å²) in [5.74, 6) is -0.662. The van der Waals surface area contributed by atoms with Crippen LogP contribution < -0.4 is 10.9 Å². The zero-order valence-corrected chi connectivity index (χ0v) is 16.2. The Morgan fingerprint density at radius 2 is 1.93 bits per heavy atom. The number of halogens is 3. The van der Waals surface area contributed by atoms with Crippen LogP contribution in [-0.2, 0) is 40.5 Å². The number of nitrogens with one attached hydrogen (secondary N) is 1. The predicted octanol–water partition coefficient (Wildman–Crippen LogP) is 1.82. The van der Waals surface area contributed by atoms with Gasteiger partial charge in [-0.25, -0.2) is 8.42 Å². The number of benzene rings is 1. The van der Waals surface area contributed by atoms with Crippen molar-refractivity contribution in [3.8, 4) is 0 Å². The van der Waals surface area contributed by atoms with Gasteiger partial charge < -0.3 is 9.88 Å². The van der Waals surface area contributed by atoms with Crippen LogP contribution in [0.3, 0.4) is 0 Å². The number of alkyl halides is 3. The maximum atomic E-state index is 12.9. The van der Waals surface area contributed by atoms with Crippen molar-refractivity contribution in [3.05, 3.63) is 63.6 Å². The lowest BCUT2D eigenvalue weighted by Gasteiger charge is -2.28. The van der Waals surface area contributed by atoms with Crippen LogP contribution in [0.4, 0.5) is 18.9 Å². The zero-order chi connectivity index (χ0) is 21.4. The minimum Gasteiger partial charge on any atom is -0.324 e. The molecule has 2 heterocycles. The molecule has 1 N–H and O–H groups in total. The van der Waals surface area contributed by atoms with Gasteiger partial charge in [-0.05, 0) is 35.7 Å². The summed E-state index contributed by atoms with van der Waals surface area (Å²) in [6, 6.07) is 6.75. The number of carbonyl (C=O) groups is 1. The van der Waals surface area contributed by atoms with Crippen molar-refractivity contribution in [2.24, 2.45) is 0 Å². The molecule has 0 bridgehead atoms. The fraction of sp³-hybridized carbons (Fsp3) is 0.333. The van der Waals surface area contributed by atoms with Gasteiger partial charge in [0.05, 0.1) is 6.26 Å². The second-order valence-corrected chi connectivity index (χ2v) is 8.67. The van der Waals surface area contributed by atoms with Gasteiger partial charge >= 0.3 is 6.18 Å². The Balaban J connectivity index is 1.79. The van der Waals surface area contributed by atoms with Gasteiger partial charge in [-0.15, -0.1) is 0 Å². The molecule has 0 atom stereocenters. The van der Waals surface area contributed by atoms with Crippen molar-refractivity contribution in [2.75, 3.05) is 18.1 Å². The smallest absolute Gasteiger partial charge is 0.324 e. The number of aromatic nitrogens is 1. The van der Waals surface area contributed by atoms with E-state index in [1.807, 2.05) is 0 Å². The minimum absolute atomic E-state index is 0.172. The maximum Gasteiger partial charge on any atom is 0.421 e. The van der Waals surface area contributed by atoms with E-state index >= 15 is 0 Å². The maximum absolute atomic E-state index is 12.9. The molecule has 0 saturated heterocycles. The highest BCUT2D eigenvalue weighted by molar-refractivity contribution is 7.88. The fourth-order valence-electron chi connectivity index (χ4n) is 3.21. The number of pyridine rings is 1. The van der Waals surface area contributed by atoms with Gasteiger partial charge in [0.2, 0.25) is 15.9 Å². The Hall–Kier alpha value is -2.66. The van der Waals surface area contributed by atoms with Crippen molar-refractivity contribution >= 4 is 21.6 Å². The van der Waals surface area contributed by atoms with E-state index in [0.29, 0.717) is 22.7 Å². The van der Waals surface area contributed by atoms with Gasteiger partial charge in [-0.3, -0.25) is 9.59 Å². The van der Waals surface area contributed by atoms with Gasteiger partial charge in [0.1, 0.15) is 12.1 Å². The average Bonchev–Trinajstić information content (AvgIpc) is 2.61. The van der Waals surface area contributed by atoms with E-state index in [9.17, 15) is 31.2 Å². The number of rotatable bonds is 4. The first-order chi connectivity index (χ1) is 13.5. The Kier molecular flexibility index (Phi) is 5.54. The molecule has 1 aromatic heterocycles. The van der Waals surface area contributed by atoms with Crippen molar-refractivity contribution in [1.82, 2.24) is 8.87 Å². The van der Waals surface area contributed by atoms with Crippen LogP contribution in [0.15, 0.2) is 41.3 Å². The molecule has 3 rings (SSSR count). The van der Waals surface area contributed by atoms with Gasteiger partial charge in [-0.2, -0.15) is 17.5 Å². The van der Waals surface area contributed by atoms with Crippen LogP contribution in [0.2, 0.25) is 0 Å². The van der Waals surface area contributed by atoms with E-state index < -0.39 is 39.8 Å². The number of carbonyl (C=O) groups excluding carboxylic acids is 1. The van der Waals surface area contributed by atoms with Crippen LogP contribution in [0.1, 0.15) is 16.7 Å². The van der Waals surface area contributed by atoms with E-state index in [2.05, 4.69) is 5.32 Å². The minimum atomic E-state index is -4.80. The third-order valence-electron chi connectivity index (χ3n) is 4.61. The highest BCUT2D eigenvalue weighted by atomic mass is 32.2. The second kappa shape index (κ2) is 7.64. The molecule has 0 fully saturated rings. The average molecular weight is 429 g/mol. The summed E-state index contributed by atoms with van der Waals surface area (Å²) in [6.45, 7) is -0.154. The Morgan fingerprint density at radius 1 is 1.21 bits per heavy atom. The Morgan fingerprint density at radius 3 is 2.59 bits per heavy atom. The third-order valence-corrected chi connectivity index (χ3v) is 5.86. The highest BCUT2D eigenvalue weighted by Gasteiger charge is 2.34. The van der Waals surface area contributed by atoms with Crippen LogP contribution in [-0.4, -0.2) is 36.0 Å². The molecule has 11 heteroatoms.